The van der Waals surface area contributed by atoms with Gasteiger partial charge in [-0.15, -0.1) is 11.3 Å². The smallest absolute Gasteiger partial charge is 0.435 e. The van der Waals surface area contributed by atoms with Gasteiger partial charge in [-0.05, 0) is 29.1 Å². The van der Waals surface area contributed by atoms with Gasteiger partial charge in [-0.1, -0.05) is 18.2 Å². The number of nitrogens with one attached hydrogen (secondary N) is 1. The molecular weight excluding hydrogens is 488 g/mol. The molecule has 34 heavy (non-hydrogen) atoms. The number of benzene rings is 1. The van der Waals surface area contributed by atoms with Crippen LogP contribution in [0.2, 0.25) is 0 Å². The number of hydrogen-bond donors (Lipinski definition) is 1. The van der Waals surface area contributed by atoms with Crippen molar-refractivity contribution in [1.29, 1.82) is 0 Å². The third-order valence-electron chi connectivity index (χ3n) is 4.94. The van der Waals surface area contributed by atoms with Crippen LogP contribution in [0.15, 0.2) is 52.6 Å². The van der Waals surface area contributed by atoms with Crippen LogP contribution < -0.4 is 5.56 Å². The molecule has 178 valence electrons. The minimum absolute atomic E-state index is 0.0454. The van der Waals surface area contributed by atoms with Gasteiger partial charge in [0.25, 0.3) is 12.0 Å². The number of aromatic amines is 1. The van der Waals surface area contributed by atoms with Gasteiger partial charge in [0.2, 0.25) is 0 Å². The van der Waals surface area contributed by atoms with Gasteiger partial charge in [0, 0.05) is 17.4 Å². The number of rotatable bonds is 6. The van der Waals surface area contributed by atoms with Gasteiger partial charge in [-0.25, -0.2) is 0 Å². The normalized spacial score (nSPS) is 13.2. The largest absolute Gasteiger partial charge is 0.458 e. The molecule has 4 aromatic rings. The van der Waals surface area contributed by atoms with Crippen LogP contribution in [0.4, 0.5) is 26.3 Å². The summed E-state index contributed by atoms with van der Waals surface area (Å²) in [6.45, 7) is 0.0783. The summed E-state index contributed by atoms with van der Waals surface area (Å²) >= 11 is 1.01. The summed E-state index contributed by atoms with van der Waals surface area (Å²) in [4.78, 5) is 26.6. The van der Waals surface area contributed by atoms with Crippen molar-refractivity contribution in [3.63, 3.8) is 0 Å². The summed E-state index contributed by atoms with van der Waals surface area (Å²) in [6.07, 6.45) is -10.7. The Balaban J connectivity index is 1.81. The number of ether oxygens (including phenoxy) is 1. The minimum Gasteiger partial charge on any atom is -0.458 e. The summed E-state index contributed by atoms with van der Waals surface area (Å²) in [5, 5.41) is 5.00. The third-order valence-corrected chi connectivity index (χ3v) is 5.83. The Kier molecular flexibility index (Phi) is 5.98. The monoisotopic (exact) mass is 501 g/mol. The van der Waals surface area contributed by atoms with Crippen LogP contribution in [-0.2, 0) is 28.3 Å². The Labute approximate surface area is 190 Å². The number of aromatic nitrogens is 3. The van der Waals surface area contributed by atoms with Gasteiger partial charge in [0.15, 0.2) is 5.69 Å². The van der Waals surface area contributed by atoms with E-state index in [1.807, 2.05) is 0 Å². The van der Waals surface area contributed by atoms with Crippen LogP contribution in [-0.4, -0.2) is 21.1 Å². The van der Waals surface area contributed by atoms with E-state index in [1.165, 1.54) is 24.3 Å². The number of H-pyrrole nitrogens is 1. The van der Waals surface area contributed by atoms with Crippen LogP contribution in [0.5, 0.6) is 0 Å². The van der Waals surface area contributed by atoms with Gasteiger partial charge in [-0.2, -0.15) is 36.0 Å². The lowest BCUT2D eigenvalue weighted by Crippen LogP contribution is -2.19. The van der Waals surface area contributed by atoms with Crippen LogP contribution in [0.3, 0.4) is 0 Å². The quantitative estimate of drug-likeness (QED) is 0.290. The fraction of sp³-hybridized carbons (Fsp3) is 0.190. The number of fused-ring (bicyclic) bond motifs is 1. The summed E-state index contributed by atoms with van der Waals surface area (Å²) in [7, 11) is 0. The zero-order chi connectivity index (χ0) is 24.7. The number of carbonyl (C=O) groups excluding carboxylic acids is 1. The van der Waals surface area contributed by atoms with E-state index in [0.29, 0.717) is 10.1 Å². The Morgan fingerprint density at radius 2 is 1.79 bits per heavy atom. The molecule has 3 heterocycles. The van der Waals surface area contributed by atoms with E-state index in [2.05, 4.69) is 10.1 Å². The second-order valence-electron chi connectivity index (χ2n) is 7.14. The fourth-order valence-electron chi connectivity index (χ4n) is 3.43. The molecule has 1 aromatic carbocycles. The van der Waals surface area contributed by atoms with E-state index in [4.69, 9.17) is 4.74 Å². The van der Waals surface area contributed by atoms with Crippen LogP contribution >= 0.6 is 11.3 Å². The van der Waals surface area contributed by atoms with Crippen molar-refractivity contribution in [2.75, 3.05) is 0 Å². The first-order chi connectivity index (χ1) is 16.0. The summed E-state index contributed by atoms with van der Waals surface area (Å²) in [5.41, 5.74) is -3.37. The number of carbonyl (C=O) groups is 1. The average Bonchev–Trinajstić information content (AvgIpc) is 3.40. The Bertz CT molecular complexity index is 1370. The van der Waals surface area contributed by atoms with Gasteiger partial charge in [0.05, 0.1) is 16.8 Å². The summed E-state index contributed by atoms with van der Waals surface area (Å²) in [5.74, 6) is 0. The summed E-state index contributed by atoms with van der Waals surface area (Å²) < 4.78 is 85.0. The van der Waals surface area contributed by atoms with Crippen LogP contribution in [0.1, 0.15) is 28.6 Å². The first kappa shape index (κ1) is 23.5. The molecule has 0 saturated heterocycles. The molecular formula is C21H13F6N3O3S. The van der Waals surface area contributed by atoms with E-state index in [1.54, 1.807) is 5.38 Å². The lowest BCUT2D eigenvalue weighted by Gasteiger charge is -2.16. The molecule has 13 heteroatoms. The molecule has 0 aliphatic heterocycles. The number of nitrogens with zero attached hydrogens (tertiary/aromatic N) is 2. The molecule has 0 spiro atoms. The van der Waals surface area contributed by atoms with Crippen LogP contribution in [0, 0.1) is 0 Å². The molecule has 0 radical (unpaired) electrons. The molecule has 1 atom stereocenters. The summed E-state index contributed by atoms with van der Waals surface area (Å²) in [6, 6.07) is 7.95. The van der Waals surface area contributed by atoms with Gasteiger partial charge in [0.1, 0.15) is 11.8 Å². The van der Waals surface area contributed by atoms with Gasteiger partial charge < -0.3 is 9.72 Å². The minimum atomic E-state index is -4.86. The highest BCUT2D eigenvalue weighted by molar-refractivity contribution is 7.13. The topological polar surface area (TPSA) is 76.5 Å². The van der Waals surface area contributed by atoms with Crippen molar-refractivity contribution in [1.82, 2.24) is 14.6 Å². The van der Waals surface area contributed by atoms with Crippen molar-refractivity contribution < 1.29 is 35.9 Å². The third kappa shape index (κ3) is 4.55. The lowest BCUT2D eigenvalue weighted by atomic mass is 10.0. The second-order valence-corrected chi connectivity index (χ2v) is 8.09. The first-order valence-electron chi connectivity index (χ1n) is 9.51. The molecule has 4 rings (SSSR count). The zero-order valence-corrected chi connectivity index (χ0v) is 17.6. The molecule has 1 N–H and O–H groups in total. The number of hydrogen-bond acceptors (Lipinski definition) is 5. The average molecular weight is 501 g/mol. The van der Waals surface area contributed by atoms with Gasteiger partial charge >= 0.3 is 12.4 Å². The molecule has 0 aliphatic carbocycles. The fourth-order valence-corrected chi connectivity index (χ4v) is 4.20. The van der Waals surface area contributed by atoms with Crippen LogP contribution in [0.25, 0.3) is 16.1 Å². The van der Waals surface area contributed by atoms with Crippen molar-refractivity contribution in [3.05, 3.63) is 80.7 Å². The Morgan fingerprint density at radius 1 is 1.09 bits per heavy atom. The zero-order valence-electron chi connectivity index (χ0n) is 16.8. The standard InChI is InChI=1S/C21H13F6N3O3S/c22-20(23,24)12-5-3-11(4-6-12)8-14(33-10-31)13-9-16(32)30-19(28-13)17(15-2-1-7-34-15)18(29-30)21(25,26)27/h1-7,9-10,14,28H,8H2. The predicted octanol–water partition coefficient (Wildman–Crippen LogP) is 5.25. The molecule has 3 aromatic heterocycles. The van der Waals surface area contributed by atoms with Gasteiger partial charge in [-0.3, -0.25) is 9.59 Å². The predicted molar refractivity (Wildman–Crippen MR) is 109 cm³/mol. The van der Waals surface area contributed by atoms with Crippen molar-refractivity contribution >= 4 is 23.5 Å². The van der Waals surface area contributed by atoms with E-state index in [0.717, 1.165) is 29.5 Å². The highest BCUT2D eigenvalue weighted by atomic mass is 32.1. The molecule has 0 saturated carbocycles. The van der Waals surface area contributed by atoms with Crippen molar-refractivity contribution in [3.8, 4) is 10.4 Å². The highest BCUT2D eigenvalue weighted by Crippen LogP contribution is 2.40. The molecule has 0 fully saturated rings. The number of thiophene rings is 1. The molecule has 0 amide bonds. The maximum Gasteiger partial charge on any atom is 0.435 e. The molecule has 6 nitrogen and oxygen atoms in total. The second kappa shape index (κ2) is 8.63. The maximum atomic E-state index is 13.7. The van der Waals surface area contributed by atoms with E-state index >= 15 is 0 Å². The first-order valence-corrected chi connectivity index (χ1v) is 10.4. The highest BCUT2D eigenvalue weighted by Gasteiger charge is 2.39. The molecule has 1 unspecified atom stereocenters. The Hall–Kier alpha value is -3.61. The SMILES string of the molecule is O=COC(Cc1ccc(C(F)(F)F)cc1)c1cc(=O)n2nc(C(F)(F)F)c(-c3cccs3)c2[nH]1. The Morgan fingerprint density at radius 3 is 2.35 bits per heavy atom. The van der Waals surface area contributed by atoms with E-state index < -0.39 is 35.3 Å². The van der Waals surface area contributed by atoms with E-state index in [-0.39, 0.29) is 34.7 Å². The lowest BCUT2D eigenvalue weighted by molar-refractivity contribution is -0.141. The van der Waals surface area contributed by atoms with Crippen molar-refractivity contribution in [2.45, 2.75) is 24.9 Å². The number of alkyl halides is 6. The van der Waals surface area contributed by atoms with E-state index in [9.17, 15) is 35.9 Å². The molecule has 0 aliphatic rings. The molecule has 0 bridgehead atoms. The number of halogens is 6. The maximum absolute atomic E-state index is 13.7. The van der Waals surface area contributed by atoms with Crippen molar-refractivity contribution in [2.24, 2.45) is 0 Å².